The number of alkyl halides is 3. The van der Waals surface area contributed by atoms with E-state index in [1.54, 1.807) is 6.92 Å². The average Bonchev–Trinajstić information content (AvgIpc) is 2.36. The maximum Gasteiger partial charge on any atom is 0.416 e. The summed E-state index contributed by atoms with van der Waals surface area (Å²) < 4.78 is 48.2. The number of esters is 1. The first-order valence-electron chi connectivity index (χ1n) is 5.94. The van der Waals surface area contributed by atoms with Gasteiger partial charge in [-0.2, -0.15) is 13.2 Å². The molecule has 0 N–H and O–H groups in total. The van der Waals surface area contributed by atoms with Crippen LogP contribution in [-0.2, 0) is 15.7 Å². The van der Waals surface area contributed by atoms with Gasteiger partial charge in [0.2, 0.25) is 0 Å². The molecule has 0 aromatic heterocycles. The smallest absolute Gasteiger partial charge is 0.416 e. The van der Waals surface area contributed by atoms with Crippen molar-refractivity contribution < 1.29 is 27.4 Å². The zero-order valence-electron chi connectivity index (χ0n) is 10.3. The molecular weight excluding hydrogens is 261 g/mol. The van der Waals surface area contributed by atoms with Crippen LogP contribution in [0, 0.1) is 0 Å². The summed E-state index contributed by atoms with van der Waals surface area (Å²) in [5, 5.41) is 0. The number of hydrogen-bond acceptors (Lipinski definition) is 3. The summed E-state index contributed by atoms with van der Waals surface area (Å²) in [6.45, 7) is 2.15. The molecule has 1 aromatic carbocycles. The molecule has 2 rings (SSSR count). The molecule has 19 heavy (non-hydrogen) atoms. The highest BCUT2D eigenvalue weighted by molar-refractivity contribution is 5.79. The van der Waals surface area contributed by atoms with Crippen LogP contribution in [0.4, 0.5) is 13.2 Å². The molecule has 6 heteroatoms. The van der Waals surface area contributed by atoms with Gasteiger partial charge in [-0.25, -0.2) is 0 Å². The number of halogens is 3. The molecule has 1 aromatic rings. The minimum Gasteiger partial charge on any atom is -0.493 e. The molecule has 1 atom stereocenters. The second kappa shape index (κ2) is 5.11. The van der Waals surface area contributed by atoms with Crippen LogP contribution in [0.25, 0.3) is 0 Å². The molecule has 1 aliphatic rings. The zero-order valence-corrected chi connectivity index (χ0v) is 10.3. The molecule has 0 saturated heterocycles. The third-order valence-corrected chi connectivity index (χ3v) is 2.95. The van der Waals surface area contributed by atoms with Gasteiger partial charge in [0.05, 0.1) is 24.7 Å². The molecule has 1 aliphatic heterocycles. The van der Waals surface area contributed by atoms with Crippen LogP contribution < -0.4 is 4.74 Å². The third-order valence-electron chi connectivity index (χ3n) is 2.95. The summed E-state index contributed by atoms with van der Waals surface area (Å²) in [4.78, 5) is 11.8. The highest BCUT2D eigenvalue weighted by Crippen LogP contribution is 2.39. The van der Waals surface area contributed by atoms with Crippen molar-refractivity contribution in [1.29, 1.82) is 0 Å². The highest BCUT2D eigenvalue weighted by Gasteiger charge is 2.35. The SMILES string of the molecule is CCOC(=O)C1CCOc2ccc(C(F)(F)F)cc21. The van der Waals surface area contributed by atoms with Gasteiger partial charge in [0, 0.05) is 5.56 Å². The van der Waals surface area contributed by atoms with Crippen LogP contribution in [-0.4, -0.2) is 19.2 Å². The van der Waals surface area contributed by atoms with Crippen LogP contribution in [0.2, 0.25) is 0 Å². The number of ether oxygens (including phenoxy) is 2. The summed E-state index contributed by atoms with van der Waals surface area (Å²) in [7, 11) is 0. The van der Waals surface area contributed by atoms with Crippen molar-refractivity contribution in [2.24, 2.45) is 0 Å². The van der Waals surface area contributed by atoms with Gasteiger partial charge in [-0.1, -0.05) is 0 Å². The summed E-state index contributed by atoms with van der Waals surface area (Å²) in [5.41, 5.74) is -0.537. The van der Waals surface area contributed by atoms with Gasteiger partial charge in [0.25, 0.3) is 0 Å². The van der Waals surface area contributed by atoms with Crippen molar-refractivity contribution in [2.45, 2.75) is 25.4 Å². The van der Waals surface area contributed by atoms with Crippen molar-refractivity contribution in [2.75, 3.05) is 13.2 Å². The maximum atomic E-state index is 12.7. The Morgan fingerprint density at radius 1 is 1.47 bits per heavy atom. The summed E-state index contributed by atoms with van der Waals surface area (Å²) in [5.74, 6) is -0.880. The molecule has 0 spiro atoms. The van der Waals surface area contributed by atoms with Gasteiger partial charge in [-0.05, 0) is 31.5 Å². The van der Waals surface area contributed by atoms with Crippen LogP contribution >= 0.6 is 0 Å². The quantitative estimate of drug-likeness (QED) is 0.777. The van der Waals surface area contributed by atoms with E-state index in [0.717, 1.165) is 12.1 Å². The van der Waals surface area contributed by atoms with E-state index in [0.29, 0.717) is 18.8 Å². The first-order chi connectivity index (χ1) is 8.93. The molecule has 0 bridgehead atoms. The Bertz CT molecular complexity index is 483. The van der Waals surface area contributed by atoms with E-state index in [4.69, 9.17) is 9.47 Å². The fourth-order valence-corrected chi connectivity index (χ4v) is 2.06. The van der Waals surface area contributed by atoms with Gasteiger partial charge in [-0.3, -0.25) is 4.79 Å². The van der Waals surface area contributed by atoms with Gasteiger partial charge in [0.15, 0.2) is 0 Å². The summed E-state index contributed by atoms with van der Waals surface area (Å²) in [6.07, 6.45) is -4.11. The van der Waals surface area contributed by atoms with E-state index in [1.807, 2.05) is 0 Å². The monoisotopic (exact) mass is 274 g/mol. The van der Waals surface area contributed by atoms with Crippen LogP contribution in [0.1, 0.15) is 30.4 Å². The standard InChI is InChI=1S/C13H13F3O3/c1-2-18-12(17)9-5-6-19-11-4-3-8(7-10(9)11)13(14,15)16/h3-4,7,9H,2,5-6H2,1H3. The number of carbonyl (C=O) groups excluding carboxylic acids is 1. The molecule has 104 valence electrons. The molecule has 0 fully saturated rings. The van der Waals surface area contributed by atoms with Crippen molar-refractivity contribution in [3.8, 4) is 5.75 Å². The normalized spacial score (nSPS) is 18.4. The fraction of sp³-hybridized carbons (Fsp3) is 0.462. The summed E-state index contributed by atoms with van der Waals surface area (Å²) in [6, 6.07) is 3.17. The van der Waals surface area contributed by atoms with Crippen molar-refractivity contribution in [3.63, 3.8) is 0 Å². The molecule has 0 aliphatic carbocycles. The minimum atomic E-state index is -4.44. The topological polar surface area (TPSA) is 35.5 Å². The fourth-order valence-electron chi connectivity index (χ4n) is 2.06. The highest BCUT2D eigenvalue weighted by atomic mass is 19.4. The second-order valence-electron chi connectivity index (χ2n) is 4.19. The van der Waals surface area contributed by atoms with Gasteiger partial charge < -0.3 is 9.47 Å². The van der Waals surface area contributed by atoms with Crippen molar-refractivity contribution >= 4 is 5.97 Å². The first-order valence-corrected chi connectivity index (χ1v) is 5.94. The molecule has 0 saturated carbocycles. The molecule has 3 nitrogen and oxygen atoms in total. The van der Waals surface area contributed by atoms with Crippen LogP contribution in [0.5, 0.6) is 5.75 Å². The maximum absolute atomic E-state index is 12.7. The first kappa shape index (κ1) is 13.7. The van der Waals surface area contributed by atoms with Gasteiger partial charge in [-0.15, -0.1) is 0 Å². The number of benzene rings is 1. The largest absolute Gasteiger partial charge is 0.493 e. The minimum absolute atomic E-state index is 0.199. The number of carbonyl (C=O) groups is 1. The Hall–Kier alpha value is -1.72. The van der Waals surface area contributed by atoms with E-state index in [-0.39, 0.29) is 12.2 Å². The lowest BCUT2D eigenvalue weighted by atomic mass is 9.91. The van der Waals surface area contributed by atoms with Crippen molar-refractivity contribution in [1.82, 2.24) is 0 Å². The van der Waals surface area contributed by atoms with Gasteiger partial charge >= 0.3 is 12.1 Å². The lowest BCUT2D eigenvalue weighted by molar-refractivity contribution is -0.146. The Balaban J connectivity index is 2.38. The molecule has 0 radical (unpaired) electrons. The van der Waals surface area contributed by atoms with E-state index in [1.165, 1.54) is 6.07 Å². The van der Waals surface area contributed by atoms with E-state index in [9.17, 15) is 18.0 Å². The molecule has 0 amide bonds. The van der Waals surface area contributed by atoms with Crippen LogP contribution in [0.15, 0.2) is 18.2 Å². The molecule has 1 heterocycles. The Kier molecular flexibility index (Phi) is 3.68. The van der Waals surface area contributed by atoms with Gasteiger partial charge in [0.1, 0.15) is 5.75 Å². The second-order valence-corrected chi connectivity index (χ2v) is 4.19. The average molecular weight is 274 g/mol. The van der Waals surface area contributed by atoms with E-state index >= 15 is 0 Å². The van der Waals surface area contributed by atoms with E-state index in [2.05, 4.69) is 0 Å². The number of fused-ring (bicyclic) bond motifs is 1. The number of hydrogen-bond donors (Lipinski definition) is 0. The zero-order chi connectivity index (χ0) is 14.0. The lowest BCUT2D eigenvalue weighted by Gasteiger charge is -2.25. The Morgan fingerprint density at radius 2 is 2.21 bits per heavy atom. The predicted octanol–water partition coefficient (Wildman–Crippen LogP) is 3.13. The number of rotatable bonds is 2. The summed E-state index contributed by atoms with van der Waals surface area (Å²) >= 11 is 0. The predicted molar refractivity (Wildman–Crippen MR) is 60.9 cm³/mol. The van der Waals surface area contributed by atoms with Crippen molar-refractivity contribution in [3.05, 3.63) is 29.3 Å². The molecular formula is C13H13F3O3. The Morgan fingerprint density at radius 3 is 2.84 bits per heavy atom. The lowest BCUT2D eigenvalue weighted by Crippen LogP contribution is -2.23. The van der Waals surface area contributed by atoms with Crippen LogP contribution in [0.3, 0.4) is 0 Å². The molecule has 1 unspecified atom stereocenters. The third kappa shape index (κ3) is 2.83. The Labute approximate surface area is 108 Å². The van der Waals surface area contributed by atoms with E-state index < -0.39 is 23.6 Å².